The van der Waals surface area contributed by atoms with E-state index in [1.165, 1.54) is 0 Å². The molecule has 13 heavy (non-hydrogen) atoms. The average Bonchev–Trinajstić information content (AvgIpc) is 2.01. The molecule has 0 aromatic carbocycles. The lowest BCUT2D eigenvalue weighted by Crippen LogP contribution is -2.43. The van der Waals surface area contributed by atoms with Crippen LogP contribution in [0.3, 0.4) is 0 Å². The second-order valence-corrected chi connectivity index (χ2v) is 3.60. The fraction of sp³-hybridized carbons (Fsp3) is 0.500. The van der Waals surface area contributed by atoms with Crippen molar-refractivity contribution in [1.29, 1.82) is 0 Å². The fourth-order valence-electron chi connectivity index (χ4n) is 1.49. The maximum absolute atomic E-state index is 5.68. The first-order valence-electron chi connectivity index (χ1n) is 4.59. The smallest absolute Gasteiger partial charge is 0.123 e. The molecule has 0 radical (unpaired) electrons. The number of ether oxygens (including phenoxy) is 1. The fourth-order valence-corrected chi connectivity index (χ4v) is 1.49. The second kappa shape index (κ2) is 3.34. The molecule has 2 rings (SSSR count). The Morgan fingerprint density at radius 1 is 1.54 bits per heavy atom. The first kappa shape index (κ1) is 8.51. The molecule has 1 heterocycles. The maximum atomic E-state index is 5.68. The van der Waals surface area contributed by atoms with Crippen LogP contribution in [0.25, 0.3) is 0 Å². The number of nitrogens with two attached hydrogens (primary N) is 1. The predicted octanol–water partition coefficient (Wildman–Crippen LogP) is 1.26. The van der Waals surface area contributed by atoms with Gasteiger partial charge >= 0.3 is 0 Å². The SMILES string of the molecule is Cc1cc(OC2CC(N)C2)ccn1. The summed E-state index contributed by atoms with van der Waals surface area (Å²) in [5, 5.41) is 0. The molecule has 0 spiro atoms. The summed E-state index contributed by atoms with van der Waals surface area (Å²) in [4.78, 5) is 4.10. The molecule has 1 aliphatic carbocycles. The Labute approximate surface area is 77.9 Å². The molecule has 1 aromatic rings. The van der Waals surface area contributed by atoms with Crippen molar-refractivity contribution in [2.75, 3.05) is 0 Å². The summed E-state index contributed by atoms with van der Waals surface area (Å²) in [5.74, 6) is 0.907. The number of hydrogen-bond donors (Lipinski definition) is 1. The third kappa shape index (κ3) is 1.98. The van der Waals surface area contributed by atoms with Gasteiger partial charge in [0.15, 0.2) is 0 Å². The van der Waals surface area contributed by atoms with Crippen molar-refractivity contribution in [1.82, 2.24) is 4.98 Å². The molecule has 0 atom stereocenters. The number of aromatic nitrogens is 1. The Hall–Kier alpha value is -1.09. The maximum Gasteiger partial charge on any atom is 0.123 e. The molecule has 0 aliphatic heterocycles. The van der Waals surface area contributed by atoms with E-state index in [4.69, 9.17) is 10.5 Å². The normalized spacial score (nSPS) is 26.6. The van der Waals surface area contributed by atoms with E-state index in [0.29, 0.717) is 12.1 Å². The average molecular weight is 178 g/mol. The highest BCUT2D eigenvalue weighted by molar-refractivity contribution is 5.22. The molecule has 1 saturated carbocycles. The second-order valence-electron chi connectivity index (χ2n) is 3.60. The molecule has 70 valence electrons. The molecule has 1 fully saturated rings. The lowest BCUT2D eigenvalue weighted by Gasteiger charge is -2.32. The van der Waals surface area contributed by atoms with Crippen LogP contribution in [0.15, 0.2) is 18.3 Å². The van der Waals surface area contributed by atoms with Gasteiger partial charge in [0.25, 0.3) is 0 Å². The molecular weight excluding hydrogens is 164 g/mol. The van der Waals surface area contributed by atoms with Crippen molar-refractivity contribution in [3.05, 3.63) is 24.0 Å². The van der Waals surface area contributed by atoms with Gasteiger partial charge in [-0.15, -0.1) is 0 Å². The predicted molar refractivity (Wildman–Crippen MR) is 50.6 cm³/mol. The topological polar surface area (TPSA) is 48.1 Å². The van der Waals surface area contributed by atoms with E-state index in [0.717, 1.165) is 24.3 Å². The van der Waals surface area contributed by atoms with Crippen LogP contribution >= 0.6 is 0 Å². The van der Waals surface area contributed by atoms with Gasteiger partial charge in [-0.05, 0) is 25.8 Å². The van der Waals surface area contributed by atoms with E-state index >= 15 is 0 Å². The molecule has 0 unspecified atom stereocenters. The standard InChI is InChI=1S/C10H14N2O/c1-7-4-9(2-3-12-7)13-10-5-8(11)6-10/h2-4,8,10H,5-6,11H2,1H3. The van der Waals surface area contributed by atoms with Crippen molar-refractivity contribution in [2.24, 2.45) is 5.73 Å². The van der Waals surface area contributed by atoms with Crippen molar-refractivity contribution >= 4 is 0 Å². The Kier molecular flexibility index (Phi) is 2.19. The molecule has 0 bridgehead atoms. The Morgan fingerprint density at radius 2 is 2.31 bits per heavy atom. The van der Waals surface area contributed by atoms with Gasteiger partial charge in [-0.2, -0.15) is 0 Å². The highest BCUT2D eigenvalue weighted by atomic mass is 16.5. The van der Waals surface area contributed by atoms with Gasteiger partial charge in [0.1, 0.15) is 11.9 Å². The van der Waals surface area contributed by atoms with Crippen LogP contribution < -0.4 is 10.5 Å². The minimum atomic E-state index is 0.316. The number of hydrogen-bond acceptors (Lipinski definition) is 3. The minimum absolute atomic E-state index is 0.316. The zero-order valence-corrected chi connectivity index (χ0v) is 7.73. The lowest BCUT2D eigenvalue weighted by atomic mass is 9.90. The first-order chi connectivity index (χ1) is 6.24. The number of aryl methyl sites for hydroxylation is 1. The zero-order valence-electron chi connectivity index (χ0n) is 7.73. The van der Waals surface area contributed by atoms with E-state index in [-0.39, 0.29) is 0 Å². The van der Waals surface area contributed by atoms with Gasteiger partial charge in [0, 0.05) is 24.0 Å². The van der Waals surface area contributed by atoms with E-state index < -0.39 is 0 Å². The molecule has 0 amide bonds. The van der Waals surface area contributed by atoms with E-state index in [9.17, 15) is 0 Å². The van der Waals surface area contributed by atoms with Crippen LogP contribution in [-0.4, -0.2) is 17.1 Å². The van der Waals surface area contributed by atoms with E-state index in [2.05, 4.69) is 4.98 Å². The highest BCUT2D eigenvalue weighted by Crippen LogP contribution is 2.24. The third-order valence-electron chi connectivity index (χ3n) is 2.30. The zero-order chi connectivity index (χ0) is 9.26. The van der Waals surface area contributed by atoms with Crippen LogP contribution in [0.1, 0.15) is 18.5 Å². The summed E-state index contributed by atoms with van der Waals surface area (Å²) in [6.45, 7) is 1.96. The Balaban J connectivity index is 1.94. The number of pyridine rings is 1. The van der Waals surface area contributed by atoms with Crippen LogP contribution in [-0.2, 0) is 0 Å². The summed E-state index contributed by atoms with van der Waals surface area (Å²) in [5.41, 5.74) is 6.65. The molecule has 2 N–H and O–H groups in total. The molecule has 3 nitrogen and oxygen atoms in total. The van der Waals surface area contributed by atoms with Gasteiger partial charge in [-0.3, -0.25) is 4.98 Å². The molecular formula is C10H14N2O. The van der Waals surface area contributed by atoms with Crippen molar-refractivity contribution < 1.29 is 4.74 Å². The molecule has 1 aromatic heterocycles. The molecule has 3 heteroatoms. The number of rotatable bonds is 2. The van der Waals surface area contributed by atoms with Crippen molar-refractivity contribution in [3.63, 3.8) is 0 Å². The lowest BCUT2D eigenvalue weighted by molar-refractivity contribution is 0.101. The molecule has 1 aliphatic rings. The summed E-state index contributed by atoms with van der Waals surface area (Å²) >= 11 is 0. The van der Waals surface area contributed by atoms with E-state index in [1.54, 1.807) is 6.20 Å². The van der Waals surface area contributed by atoms with Crippen LogP contribution in [0.4, 0.5) is 0 Å². The monoisotopic (exact) mass is 178 g/mol. The van der Waals surface area contributed by atoms with Gasteiger partial charge in [0.2, 0.25) is 0 Å². The van der Waals surface area contributed by atoms with Gasteiger partial charge in [0.05, 0.1) is 0 Å². The summed E-state index contributed by atoms with van der Waals surface area (Å²) in [6.07, 6.45) is 4.03. The Bertz CT molecular complexity index is 295. The minimum Gasteiger partial charge on any atom is -0.490 e. The van der Waals surface area contributed by atoms with Crippen LogP contribution in [0.2, 0.25) is 0 Å². The van der Waals surface area contributed by atoms with Gasteiger partial charge in [-0.1, -0.05) is 0 Å². The highest BCUT2D eigenvalue weighted by Gasteiger charge is 2.27. The molecule has 0 saturated heterocycles. The van der Waals surface area contributed by atoms with Crippen molar-refractivity contribution in [3.8, 4) is 5.75 Å². The first-order valence-corrected chi connectivity index (χ1v) is 4.59. The van der Waals surface area contributed by atoms with Crippen LogP contribution in [0, 0.1) is 6.92 Å². The largest absolute Gasteiger partial charge is 0.490 e. The van der Waals surface area contributed by atoms with Crippen molar-refractivity contribution in [2.45, 2.75) is 31.9 Å². The summed E-state index contributed by atoms with van der Waals surface area (Å²) in [6, 6.07) is 4.17. The Morgan fingerprint density at radius 3 is 2.92 bits per heavy atom. The van der Waals surface area contributed by atoms with Crippen LogP contribution in [0.5, 0.6) is 5.75 Å². The van der Waals surface area contributed by atoms with Gasteiger partial charge in [-0.25, -0.2) is 0 Å². The quantitative estimate of drug-likeness (QED) is 0.741. The van der Waals surface area contributed by atoms with Gasteiger partial charge < -0.3 is 10.5 Å². The summed E-state index contributed by atoms with van der Waals surface area (Å²) < 4.78 is 5.68. The van der Waals surface area contributed by atoms with E-state index in [1.807, 2.05) is 19.1 Å². The number of nitrogens with zero attached hydrogens (tertiary/aromatic N) is 1. The summed E-state index contributed by atoms with van der Waals surface area (Å²) in [7, 11) is 0. The third-order valence-corrected chi connectivity index (χ3v) is 2.30.